The molecule has 0 radical (unpaired) electrons. The van der Waals surface area contributed by atoms with E-state index in [1.807, 2.05) is 0 Å². The van der Waals surface area contributed by atoms with E-state index in [0.29, 0.717) is 10.4 Å². The van der Waals surface area contributed by atoms with Gasteiger partial charge in [-0.15, -0.1) is 0 Å². The molecule has 0 saturated heterocycles. The van der Waals surface area contributed by atoms with E-state index >= 15 is 0 Å². The Hall–Kier alpha value is -1.37. The zero-order valence-electron chi connectivity index (χ0n) is 11.2. The Morgan fingerprint density at radius 3 is 2.23 bits per heavy atom. The summed E-state index contributed by atoms with van der Waals surface area (Å²) in [5.74, 6) is -0.885. The van der Waals surface area contributed by atoms with Crippen molar-refractivity contribution in [2.24, 2.45) is 0 Å². The van der Waals surface area contributed by atoms with Gasteiger partial charge in [-0.3, -0.25) is 4.55 Å². The fourth-order valence-electron chi connectivity index (χ4n) is 1.49. The third-order valence-electron chi connectivity index (χ3n) is 2.70. The molecule has 0 aliphatic rings. The number of alkyl halides is 3. The van der Waals surface area contributed by atoms with Crippen molar-refractivity contribution in [2.45, 2.75) is 11.1 Å². The first kappa shape index (κ1) is 18.7. The molecular weight excluding hydrogens is 349 g/mol. The predicted octanol–water partition coefficient (Wildman–Crippen LogP) is 0.796. The number of sulfonamides is 1. The van der Waals surface area contributed by atoms with Crippen molar-refractivity contribution < 1.29 is 34.6 Å². The summed E-state index contributed by atoms with van der Waals surface area (Å²) in [6.07, 6.45) is -4.83. The number of benzene rings is 1. The van der Waals surface area contributed by atoms with Crippen LogP contribution in [0.15, 0.2) is 23.1 Å². The lowest BCUT2D eigenvalue weighted by Gasteiger charge is -2.18. The lowest BCUT2D eigenvalue weighted by Crippen LogP contribution is -2.31. The Bertz CT molecular complexity index is 759. The molecule has 0 atom stereocenters. The average molecular weight is 362 g/mol. The molecule has 0 aliphatic heterocycles. The van der Waals surface area contributed by atoms with E-state index in [-0.39, 0.29) is 0 Å². The fourth-order valence-corrected chi connectivity index (χ4v) is 3.30. The molecule has 0 fully saturated rings. The van der Waals surface area contributed by atoms with Gasteiger partial charge in [-0.1, -0.05) is 0 Å². The van der Waals surface area contributed by atoms with Crippen LogP contribution in [0.5, 0.6) is 0 Å². The smallest absolute Gasteiger partial charge is 0.398 e. The maximum Gasteiger partial charge on any atom is 0.418 e. The van der Waals surface area contributed by atoms with Crippen LogP contribution < -0.4 is 5.73 Å². The fraction of sp³-hybridized carbons (Fsp3) is 0.400. The molecule has 1 aromatic rings. The predicted molar refractivity (Wildman–Crippen MR) is 72.1 cm³/mol. The van der Waals surface area contributed by atoms with E-state index in [1.54, 1.807) is 0 Å². The van der Waals surface area contributed by atoms with Crippen molar-refractivity contribution in [2.75, 3.05) is 25.1 Å². The first-order valence-corrected chi connectivity index (χ1v) is 8.68. The third kappa shape index (κ3) is 4.56. The van der Waals surface area contributed by atoms with Crippen molar-refractivity contribution >= 4 is 25.8 Å². The Morgan fingerprint density at radius 2 is 1.77 bits per heavy atom. The Labute approximate surface area is 125 Å². The molecule has 0 aliphatic carbocycles. The SMILES string of the molecule is CN(CCS(=O)(=O)O)S(=O)(=O)c1ccc(N)c(C(F)(F)F)c1. The normalized spacial score (nSPS) is 13.5. The van der Waals surface area contributed by atoms with Gasteiger partial charge in [0.15, 0.2) is 0 Å². The van der Waals surface area contributed by atoms with Crippen LogP contribution in [0.25, 0.3) is 0 Å². The van der Waals surface area contributed by atoms with Crippen LogP contribution >= 0.6 is 0 Å². The molecule has 0 saturated carbocycles. The lowest BCUT2D eigenvalue weighted by molar-refractivity contribution is -0.137. The van der Waals surface area contributed by atoms with E-state index < -0.39 is 54.8 Å². The van der Waals surface area contributed by atoms with Gasteiger partial charge in [-0.25, -0.2) is 8.42 Å². The lowest BCUT2D eigenvalue weighted by atomic mass is 10.2. The van der Waals surface area contributed by atoms with Gasteiger partial charge < -0.3 is 5.73 Å². The second-order valence-electron chi connectivity index (χ2n) is 4.36. The maximum atomic E-state index is 12.7. The molecule has 0 spiro atoms. The summed E-state index contributed by atoms with van der Waals surface area (Å²) in [6, 6.07) is 2.05. The molecule has 7 nitrogen and oxygen atoms in total. The molecule has 0 aromatic heterocycles. The van der Waals surface area contributed by atoms with Crippen molar-refractivity contribution in [3.8, 4) is 0 Å². The Kier molecular flexibility index (Phi) is 5.11. The maximum absolute atomic E-state index is 12.7. The molecule has 0 heterocycles. The van der Waals surface area contributed by atoms with Gasteiger partial charge in [0, 0.05) is 19.3 Å². The van der Waals surface area contributed by atoms with Crippen LogP contribution in [0.4, 0.5) is 18.9 Å². The van der Waals surface area contributed by atoms with Gasteiger partial charge in [0.25, 0.3) is 10.1 Å². The number of nitrogens with zero attached hydrogens (tertiary/aromatic N) is 1. The molecule has 3 N–H and O–H groups in total. The summed E-state index contributed by atoms with van der Waals surface area (Å²) in [6.45, 7) is -0.618. The summed E-state index contributed by atoms with van der Waals surface area (Å²) >= 11 is 0. The van der Waals surface area contributed by atoms with Gasteiger partial charge in [-0.2, -0.15) is 25.9 Å². The molecule has 1 rings (SSSR count). The van der Waals surface area contributed by atoms with E-state index in [0.717, 1.165) is 19.2 Å². The molecule has 126 valence electrons. The highest BCUT2D eigenvalue weighted by Crippen LogP contribution is 2.35. The third-order valence-corrected chi connectivity index (χ3v) is 5.25. The van der Waals surface area contributed by atoms with Crippen molar-refractivity contribution in [3.63, 3.8) is 0 Å². The first-order valence-electron chi connectivity index (χ1n) is 5.63. The van der Waals surface area contributed by atoms with Gasteiger partial charge in [-0.05, 0) is 18.2 Å². The van der Waals surface area contributed by atoms with Crippen molar-refractivity contribution in [1.82, 2.24) is 4.31 Å². The van der Waals surface area contributed by atoms with E-state index in [9.17, 15) is 30.0 Å². The monoisotopic (exact) mass is 362 g/mol. The zero-order chi connectivity index (χ0) is 17.3. The zero-order valence-corrected chi connectivity index (χ0v) is 12.8. The van der Waals surface area contributed by atoms with Gasteiger partial charge in [0.1, 0.15) is 0 Å². The largest absolute Gasteiger partial charge is 0.418 e. The summed E-state index contributed by atoms with van der Waals surface area (Å²) in [4.78, 5) is -0.688. The number of halogens is 3. The van der Waals surface area contributed by atoms with Crippen LogP contribution in [-0.2, 0) is 26.3 Å². The molecule has 12 heteroatoms. The van der Waals surface area contributed by atoms with E-state index in [4.69, 9.17) is 10.3 Å². The van der Waals surface area contributed by atoms with Crippen LogP contribution in [0.3, 0.4) is 0 Å². The summed E-state index contributed by atoms with van der Waals surface area (Å²) in [5, 5.41) is 0. The number of anilines is 1. The quantitative estimate of drug-likeness (QED) is 0.591. The van der Waals surface area contributed by atoms with E-state index in [1.165, 1.54) is 0 Å². The Balaban J connectivity index is 3.18. The van der Waals surface area contributed by atoms with Gasteiger partial charge in [0.2, 0.25) is 10.0 Å². The summed E-state index contributed by atoms with van der Waals surface area (Å²) in [5.41, 5.74) is 3.23. The second kappa shape index (κ2) is 6.02. The van der Waals surface area contributed by atoms with Crippen LogP contribution in [0.2, 0.25) is 0 Å². The number of hydrogen-bond donors (Lipinski definition) is 2. The molecule has 0 unspecified atom stereocenters. The first-order chi connectivity index (χ1) is 9.75. The topological polar surface area (TPSA) is 118 Å². The average Bonchev–Trinajstić information content (AvgIpc) is 2.33. The number of rotatable bonds is 5. The van der Waals surface area contributed by atoms with Crippen LogP contribution in [-0.4, -0.2) is 45.0 Å². The number of hydrogen-bond acceptors (Lipinski definition) is 5. The van der Waals surface area contributed by atoms with Crippen LogP contribution in [0, 0.1) is 0 Å². The molecule has 22 heavy (non-hydrogen) atoms. The van der Waals surface area contributed by atoms with Gasteiger partial charge in [0.05, 0.1) is 16.2 Å². The second-order valence-corrected chi connectivity index (χ2v) is 7.98. The van der Waals surface area contributed by atoms with Crippen LogP contribution in [0.1, 0.15) is 5.56 Å². The van der Waals surface area contributed by atoms with Gasteiger partial charge >= 0.3 is 6.18 Å². The molecule has 0 amide bonds. The minimum atomic E-state index is -4.83. The van der Waals surface area contributed by atoms with E-state index in [2.05, 4.69) is 0 Å². The highest BCUT2D eigenvalue weighted by atomic mass is 32.2. The standard InChI is InChI=1S/C10H13F3N2O5S2/c1-15(4-5-21(16,17)18)22(19,20)7-2-3-9(14)8(6-7)10(11,12)13/h2-3,6H,4-5,14H2,1H3,(H,16,17,18). The Morgan fingerprint density at radius 1 is 1.23 bits per heavy atom. The minimum absolute atomic E-state index is 0.370. The molecule has 1 aromatic carbocycles. The van der Waals surface area contributed by atoms with Crippen molar-refractivity contribution in [3.05, 3.63) is 23.8 Å². The summed E-state index contributed by atoms with van der Waals surface area (Å²) in [7, 11) is -7.79. The minimum Gasteiger partial charge on any atom is -0.398 e. The highest BCUT2D eigenvalue weighted by Gasteiger charge is 2.35. The number of nitrogen functional groups attached to an aromatic ring is 1. The molecule has 0 bridgehead atoms. The molecular formula is C10H13F3N2O5S2. The van der Waals surface area contributed by atoms with Crippen molar-refractivity contribution in [1.29, 1.82) is 0 Å². The number of nitrogens with two attached hydrogens (primary N) is 1. The summed E-state index contributed by atoms with van der Waals surface area (Å²) < 4.78 is 92.6. The highest BCUT2D eigenvalue weighted by molar-refractivity contribution is 7.89.